The summed E-state index contributed by atoms with van der Waals surface area (Å²) in [4.78, 5) is 13.8. The maximum Gasteiger partial charge on any atom is 0.292 e. The van der Waals surface area contributed by atoms with Gasteiger partial charge in [-0.25, -0.2) is 0 Å². The van der Waals surface area contributed by atoms with E-state index in [1.807, 2.05) is 24.3 Å². The summed E-state index contributed by atoms with van der Waals surface area (Å²) in [6.45, 7) is 0.241. The van der Waals surface area contributed by atoms with Gasteiger partial charge in [0.2, 0.25) is 0 Å². The highest BCUT2D eigenvalue weighted by atomic mass is 127. The minimum absolute atomic E-state index is 0.205. The zero-order chi connectivity index (χ0) is 19.5. The van der Waals surface area contributed by atoms with Gasteiger partial charge in [-0.05, 0) is 90.2 Å². The highest BCUT2D eigenvalue weighted by molar-refractivity contribution is 14.1. The van der Waals surface area contributed by atoms with Gasteiger partial charge in [-0.15, -0.1) is 11.3 Å². The van der Waals surface area contributed by atoms with E-state index in [-0.39, 0.29) is 18.3 Å². The Bertz CT molecular complexity index is 1050. The number of aryl methyl sites for hydroxylation is 1. The number of carbonyl (C=O) groups excluding carboxylic acids is 1. The van der Waals surface area contributed by atoms with Crippen molar-refractivity contribution >= 4 is 44.8 Å². The van der Waals surface area contributed by atoms with Gasteiger partial charge in [-0.3, -0.25) is 4.79 Å². The minimum atomic E-state index is -0.351. The van der Waals surface area contributed by atoms with E-state index in [1.54, 1.807) is 12.1 Å². The third-order valence-corrected chi connectivity index (χ3v) is 6.52. The first-order valence-corrected chi connectivity index (χ1v) is 10.9. The van der Waals surface area contributed by atoms with Crippen LogP contribution in [0.4, 0.5) is 5.00 Å². The van der Waals surface area contributed by atoms with E-state index in [2.05, 4.69) is 34.0 Å². The molecule has 1 aliphatic rings. The smallest absolute Gasteiger partial charge is 0.292 e. The largest absolute Gasteiger partial charge is 0.486 e. The molecule has 0 aliphatic heterocycles. The number of ether oxygens (including phenoxy) is 1. The van der Waals surface area contributed by atoms with Gasteiger partial charge < -0.3 is 14.5 Å². The van der Waals surface area contributed by atoms with Crippen LogP contribution in [0.1, 0.15) is 45.2 Å². The van der Waals surface area contributed by atoms with E-state index in [4.69, 9.17) is 9.15 Å². The quantitative estimate of drug-likeness (QED) is 0.464. The molecule has 1 N–H and O–H groups in total. The van der Waals surface area contributed by atoms with Crippen LogP contribution in [0.25, 0.3) is 0 Å². The van der Waals surface area contributed by atoms with Gasteiger partial charge in [0.1, 0.15) is 29.2 Å². The topological polar surface area (TPSA) is 75.3 Å². The van der Waals surface area contributed by atoms with Gasteiger partial charge in [-0.2, -0.15) is 5.26 Å². The summed E-state index contributed by atoms with van der Waals surface area (Å²) in [5.41, 5.74) is 1.70. The van der Waals surface area contributed by atoms with E-state index in [0.717, 1.165) is 40.6 Å². The fourth-order valence-electron chi connectivity index (χ4n) is 3.20. The lowest BCUT2D eigenvalue weighted by atomic mass is 9.96. The lowest BCUT2D eigenvalue weighted by Crippen LogP contribution is -2.11. The molecule has 1 aliphatic carbocycles. The number of anilines is 1. The first kappa shape index (κ1) is 19.0. The number of nitriles is 1. The van der Waals surface area contributed by atoms with Gasteiger partial charge in [-0.1, -0.05) is 0 Å². The normalized spacial score (nSPS) is 12.9. The molecule has 3 aromatic rings. The van der Waals surface area contributed by atoms with E-state index in [9.17, 15) is 10.1 Å². The van der Waals surface area contributed by atoms with E-state index in [0.29, 0.717) is 16.3 Å². The van der Waals surface area contributed by atoms with Crippen molar-refractivity contribution in [2.24, 2.45) is 0 Å². The maximum absolute atomic E-state index is 12.6. The van der Waals surface area contributed by atoms with E-state index in [1.165, 1.54) is 16.2 Å². The summed E-state index contributed by atoms with van der Waals surface area (Å²) in [6.07, 6.45) is 4.11. The Kier molecular flexibility index (Phi) is 5.69. The molecule has 2 aromatic heterocycles. The fourth-order valence-corrected chi connectivity index (χ4v) is 4.79. The molecule has 28 heavy (non-hydrogen) atoms. The number of hydrogen-bond donors (Lipinski definition) is 1. The van der Waals surface area contributed by atoms with Crippen molar-refractivity contribution in [1.82, 2.24) is 0 Å². The molecule has 0 unspecified atom stereocenters. The van der Waals surface area contributed by atoms with E-state index < -0.39 is 0 Å². The van der Waals surface area contributed by atoms with Crippen molar-refractivity contribution in [3.63, 3.8) is 0 Å². The number of nitrogens with zero attached hydrogens (tertiary/aromatic N) is 1. The fraction of sp³-hybridized carbons (Fsp3) is 0.238. The molecule has 7 heteroatoms. The molecular formula is C21H17IN2O3S. The van der Waals surface area contributed by atoms with Crippen molar-refractivity contribution in [3.8, 4) is 11.8 Å². The third-order valence-electron chi connectivity index (χ3n) is 4.59. The number of halogens is 1. The zero-order valence-electron chi connectivity index (χ0n) is 15.0. The van der Waals surface area contributed by atoms with Crippen molar-refractivity contribution < 1.29 is 13.9 Å². The van der Waals surface area contributed by atoms with Crippen molar-refractivity contribution in [1.29, 1.82) is 5.26 Å². The van der Waals surface area contributed by atoms with Crippen molar-refractivity contribution in [2.45, 2.75) is 32.3 Å². The Hall–Kier alpha value is -2.31. The van der Waals surface area contributed by atoms with Crippen LogP contribution in [0.5, 0.6) is 5.75 Å². The number of amides is 1. The Morgan fingerprint density at radius 3 is 2.79 bits per heavy atom. The number of carbonyl (C=O) groups is 1. The molecule has 5 nitrogen and oxygen atoms in total. The van der Waals surface area contributed by atoms with Crippen LogP contribution in [-0.2, 0) is 19.4 Å². The number of fused-ring (bicyclic) bond motifs is 1. The Morgan fingerprint density at radius 1 is 1.21 bits per heavy atom. The van der Waals surface area contributed by atoms with Gasteiger partial charge in [0, 0.05) is 8.45 Å². The van der Waals surface area contributed by atoms with Crippen LogP contribution in [0.3, 0.4) is 0 Å². The van der Waals surface area contributed by atoms with Crippen LogP contribution >= 0.6 is 33.9 Å². The minimum Gasteiger partial charge on any atom is -0.486 e. The zero-order valence-corrected chi connectivity index (χ0v) is 17.9. The predicted molar refractivity (Wildman–Crippen MR) is 116 cm³/mol. The van der Waals surface area contributed by atoms with Crippen LogP contribution < -0.4 is 10.1 Å². The molecule has 1 amide bonds. The number of nitrogens with one attached hydrogen (secondary N) is 1. The molecule has 0 spiro atoms. The van der Waals surface area contributed by atoms with Crippen LogP contribution in [-0.4, -0.2) is 5.91 Å². The summed E-state index contributed by atoms with van der Waals surface area (Å²) in [6, 6.07) is 13.3. The summed E-state index contributed by atoms with van der Waals surface area (Å²) in [5, 5.41) is 13.0. The van der Waals surface area contributed by atoms with Gasteiger partial charge in [0.15, 0.2) is 5.76 Å². The van der Waals surface area contributed by atoms with Gasteiger partial charge in [0.05, 0.1) is 5.56 Å². The number of rotatable bonds is 5. The van der Waals surface area contributed by atoms with Crippen LogP contribution in [0, 0.1) is 14.9 Å². The summed E-state index contributed by atoms with van der Waals surface area (Å²) in [7, 11) is 0. The van der Waals surface area contributed by atoms with E-state index >= 15 is 0 Å². The third kappa shape index (κ3) is 4.08. The summed E-state index contributed by atoms with van der Waals surface area (Å²) < 4.78 is 12.4. The standard InChI is InChI=1S/C21H17IN2O3S/c22-13-5-7-14(8-6-13)26-12-15-9-10-18(27-15)20(25)24-21-17(11-23)16-3-1-2-4-19(16)28-21/h5-10H,1-4,12H2,(H,24,25). The lowest BCUT2D eigenvalue weighted by Gasteiger charge is -2.09. The monoisotopic (exact) mass is 504 g/mol. The Balaban J connectivity index is 1.43. The first-order chi connectivity index (χ1) is 13.6. The van der Waals surface area contributed by atoms with Gasteiger partial charge in [0.25, 0.3) is 5.91 Å². The Labute approximate surface area is 180 Å². The van der Waals surface area contributed by atoms with Crippen molar-refractivity contribution in [2.75, 3.05) is 5.32 Å². The maximum atomic E-state index is 12.6. The van der Waals surface area contributed by atoms with Crippen molar-refractivity contribution in [3.05, 3.63) is 67.5 Å². The summed E-state index contributed by atoms with van der Waals surface area (Å²) in [5.74, 6) is 1.16. The molecule has 0 radical (unpaired) electrons. The summed E-state index contributed by atoms with van der Waals surface area (Å²) >= 11 is 3.74. The molecule has 0 bridgehead atoms. The number of hydrogen-bond acceptors (Lipinski definition) is 5. The van der Waals surface area contributed by atoms with Crippen LogP contribution in [0.15, 0.2) is 40.8 Å². The molecule has 0 saturated heterocycles. The number of benzene rings is 1. The number of furan rings is 1. The molecule has 1 aromatic carbocycles. The highest BCUT2D eigenvalue weighted by Crippen LogP contribution is 2.37. The first-order valence-electron chi connectivity index (χ1n) is 8.97. The molecule has 142 valence electrons. The number of thiophene rings is 1. The second-order valence-corrected chi connectivity index (χ2v) is 8.84. The average molecular weight is 504 g/mol. The molecule has 4 rings (SSSR count). The molecule has 2 heterocycles. The van der Waals surface area contributed by atoms with Gasteiger partial charge >= 0.3 is 0 Å². The molecule has 0 atom stereocenters. The lowest BCUT2D eigenvalue weighted by molar-refractivity contribution is 0.0993. The average Bonchev–Trinajstić information content (AvgIpc) is 3.31. The SMILES string of the molecule is N#Cc1c(NC(=O)c2ccc(COc3ccc(I)cc3)o2)sc2c1CCCC2. The molecular weight excluding hydrogens is 487 g/mol. The van der Waals surface area contributed by atoms with Crippen LogP contribution in [0.2, 0.25) is 0 Å². The highest BCUT2D eigenvalue weighted by Gasteiger charge is 2.23. The predicted octanol–water partition coefficient (Wildman–Crippen LogP) is 5.53. The Morgan fingerprint density at radius 2 is 2.00 bits per heavy atom. The molecule has 0 fully saturated rings. The second-order valence-electron chi connectivity index (χ2n) is 6.49. The second kappa shape index (κ2) is 8.37. The molecule has 0 saturated carbocycles.